The van der Waals surface area contributed by atoms with Crippen LogP contribution in [-0.4, -0.2) is 42.2 Å². The maximum Gasteiger partial charge on any atom is 0.195 e. The molecule has 0 aliphatic carbocycles. The highest BCUT2D eigenvalue weighted by Crippen LogP contribution is 2.48. The summed E-state index contributed by atoms with van der Waals surface area (Å²) in [4.78, 5) is 20.4. The summed E-state index contributed by atoms with van der Waals surface area (Å²) in [5.74, 6) is -2.68. The van der Waals surface area contributed by atoms with E-state index >= 15 is 0 Å². The molecule has 2 aliphatic heterocycles. The monoisotopic (exact) mass is 421 g/mol. The summed E-state index contributed by atoms with van der Waals surface area (Å²) in [5.41, 5.74) is 2.70. The van der Waals surface area contributed by atoms with Gasteiger partial charge in [-0.25, -0.2) is 17.6 Å². The summed E-state index contributed by atoms with van der Waals surface area (Å²) >= 11 is 0. The molecule has 0 saturated carbocycles. The first kappa shape index (κ1) is 20.5. The molecule has 2 aliphatic rings. The Morgan fingerprint density at radius 1 is 1.27 bits per heavy atom. The van der Waals surface area contributed by atoms with E-state index < -0.39 is 41.3 Å². The average Bonchev–Trinajstić information content (AvgIpc) is 3.13. The minimum absolute atomic E-state index is 0.0332. The van der Waals surface area contributed by atoms with Crippen molar-refractivity contribution in [1.82, 2.24) is 4.98 Å². The third-order valence-corrected chi connectivity index (χ3v) is 5.75. The van der Waals surface area contributed by atoms with Crippen LogP contribution < -0.4 is 5.73 Å². The van der Waals surface area contributed by atoms with Crippen molar-refractivity contribution in [2.45, 2.75) is 24.0 Å². The third-order valence-electron chi connectivity index (χ3n) is 5.75. The van der Waals surface area contributed by atoms with Crippen LogP contribution in [-0.2, 0) is 16.7 Å². The van der Waals surface area contributed by atoms with Crippen LogP contribution in [0.4, 0.5) is 17.6 Å². The number of ether oxygens (including phenoxy) is 1. The Bertz CT molecular complexity index is 1010. The maximum atomic E-state index is 14.8. The molecule has 158 valence electrons. The quantitative estimate of drug-likeness (QED) is 0.595. The summed E-state index contributed by atoms with van der Waals surface area (Å²) in [7, 11) is 0. The zero-order valence-electron chi connectivity index (χ0n) is 15.9. The maximum absolute atomic E-state index is 14.8. The van der Waals surface area contributed by atoms with E-state index in [1.807, 2.05) is 0 Å². The van der Waals surface area contributed by atoms with Gasteiger partial charge in [0, 0.05) is 17.9 Å². The molecule has 1 aromatic carbocycles. The summed E-state index contributed by atoms with van der Waals surface area (Å²) in [6, 6.07) is 6.50. The topological polar surface area (TPSA) is 77.6 Å². The first-order valence-electron chi connectivity index (χ1n) is 9.39. The number of carbonyl (C=O) groups is 1. The Morgan fingerprint density at radius 2 is 2.07 bits per heavy atom. The van der Waals surface area contributed by atoms with Crippen molar-refractivity contribution in [3.63, 3.8) is 0 Å². The van der Waals surface area contributed by atoms with Crippen molar-refractivity contribution < 1.29 is 27.1 Å². The van der Waals surface area contributed by atoms with Crippen LogP contribution in [0.15, 0.2) is 41.5 Å². The minimum atomic E-state index is -2.40. The van der Waals surface area contributed by atoms with Crippen LogP contribution in [0.1, 0.15) is 28.0 Å². The zero-order valence-corrected chi connectivity index (χ0v) is 15.9. The van der Waals surface area contributed by atoms with Gasteiger partial charge in [-0.2, -0.15) is 0 Å². The largest absolute Gasteiger partial charge is 0.385 e. The predicted molar refractivity (Wildman–Crippen MR) is 101 cm³/mol. The molecule has 1 fully saturated rings. The van der Waals surface area contributed by atoms with E-state index in [4.69, 9.17) is 10.5 Å². The van der Waals surface area contributed by atoms with Crippen molar-refractivity contribution in [2.75, 3.05) is 19.9 Å². The molecule has 4 rings (SSSR count). The van der Waals surface area contributed by atoms with Crippen molar-refractivity contribution in [2.24, 2.45) is 16.6 Å². The summed E-state index contributed by atoms with van der Waals surface area (Å²) in [6.07, 6.45) is 0.557. The lowest BCUT2D eigenvalue weighted by Gasteiger charge is -2.40. The van der Waals surface area contributed by atoms with Gasteiger partial charge in [-0.05, 0) is 36.2 Å². The summed E-state index contributed by atoms with van der Waals surface area (Å²) < 4.78 is 61.3. The number of alkyl halides is 2. The summed E-state index contributed by atoms with van der Waals surface area (Å²) in [5, 5.41) is 0. The third kappa shape index (κ3) is 3.36. The number of fused-ring (bicyclic) bond motifs is 1. The van der Waals surface area contributed by atoms with Gasteiger partial charge in [0.1, 0.15) is 35.4 Å². The molecule has 9 heteroatoms. The van der Waals surface area contributed by atoms with Crippen molar-refractivity contribution in [1.29, 1.82) is 0 Å². The van der Waals surface area contributed by atoms with E-state index in [1.165, 1.54) is 24.3 Å². The number of aromatic nitrogens is 1. The first-order valence-corrected chi connectivity index (χ1v) is 9.39. The van der Waals surface area contributed by atoms with E-state index in [2.05, 4.69) is 9.98 Å². The van der Waals surface area contributed by atoms with Gasteiger partial charge in [-0.15, -0.1) is 0 Å². The van der Waals surface area contributed by atoms with Gasteiger partial charge < -0.3 is 10.5 Å². The second-order valence-corrected chi connectivity index (χ2v) is 7.71. The van der Waals surface area contributed by atoms with Crippen LogP contribution in [0, 0.1) is 17.6 Å². The van der Waals surface area contributed by atoms with Crippen LogP contribution in [0.3, 0.4) is 0 Å². The molecule has 0 bridgehead atoms. The van der Waals surface area contributed by atoms with E-state index in [-0.39, 0.29) is 43.1 Å². The number of pyridine rings is 1. The highest BCUT2D eigenvalue weighted by molar-refractivity contribution is 5.95. The number of benzene rings is 1. The summed E-state index contributed by atoms with van der Waals surface area (Å²) in [6.45, 7) is -1.27. The number of rotatable bonds is 5. The SMILES string of the molecule is NC1=N[C@@]2(c3cc(CC(=O)c4ccc(F)cn4)ccc3F)COC[C@H]2C[C@@]1(F)CF. The van der Waals surface area contributed by atoms with Crippen molar-refractivity contribution in [3.05, 3.63) is 65.0 Å². The normalized spacial score (nSPS) is 28.1. The number of carbonyl (C=O) groups excluding carboxylic acids is 1. The molecule has 3 heterocycles. The molecule has 30 heavy (non-hydrogen) atoms. The van der Waals surface area contributed by atoms with Crippen LogP contribution in [0.25, 0.3) is 0 Å². The van der Waals surface area contributed by atoms with Crippen LogP contribution in [0.5, 0.6) is 0 Å². The number of nitrogens with two attached hydrogens (primary N) is 1. The van der Waals surface area contributed by atoms with Gasteiger partial charge in [0.25, 0.3) is 0 Å². The molecule has 2 N–H and O–H groups in total. The average molecular weight is 421 g/mol. The van der Waals surface area contributed by atoms with Crippen molar-refractivity contribution >= 4 is 11.6 Å². The predicted octanol–water partition coefficient (Wildman–Crippen LogP) is 3.07. The number of hydrogen-bond donors (Lipinski definition) is 1. The minimum Gasteiger partial charge on any atom is -0.385 e. The van der Waals surface area contributed by atoms with E-state index in [1.54, 1.807) is 0 Å². The number of nitrogens with zero attached hydrogens (tertiary/aromatic N) is 2. The first-order chi connectivity index (χ1) is 14.3. The molecular formula is C21H19F4N3O2. The van der Waals surface area contributed by atoms with Gasteiger partial charge in [0.15, 0.2) is 11.5 Å². The molecule has 3 atom stereocenters. The number of hydrogen-bond acceptors (Lipinski definition) is 5. The molecule has 0 spiro atoms. The van der Waals surface area contributed by atoms with Crippen molar-refractivity contribution in [3.8, 4) is 0 Å². The Morgan fingerprint density at radius 3 is 2.77 bits per heavy atom. The lowest BCUT2D eigenvalue weighted by molar-refractivity contribution is 0.0988. The number of halogens is 4. The fraction of sp³-hybridized carbons (Fsp3) is 0.381. The van der Waals surface area contributed by atoms with Crippen LogP contribution in [0.2, 0.25) is 0 Å². The second kappa shape index (κ2) is 7.46. The smallest absolute Gasteiger partial charge is 0.195 e. The number of ketones is 1. The second-order valence-electron chi connectivity index (χ2n) is 7.71. The van der Waals surface area contributed by atoms with E-state index in [0.717, 1.165) is 12.3 Å². The van der Waals surface area contributed by atoms with E-state index in [0.29, 0.717) is 5.56 Å². The molecule has 1 saturated heterocycles. The molecule has 1 aromatic heterocycles. The lowest BCUT2D eigenvalue weighted by atomic mass is 9.72. The van der Waals surface area contributed by atoms with Crippen LogP contribution >= 0.6 is 0 Å². The van der Waals surface area contributed by atoms with Gasteiger partial charge in [-0.1, -0.05) is 6.07 Å². The molecule has 0 unspecified atom stereocenters. The number of aliphatic imine (C=N–C) groups is 1. The highest BCUT2D eigenvalue weighted by atomic mass is 19.2. The van der Waals surface area contributed by atoms with E-state index in [9.17, 15) is 22.4 Å². The Kier molecular flexibility index (Phi) is 5.09. The lowest BCUT2D eigenvalue weighted by Crippen LogP contribution is -2.53. The van der Waals surface area contributed by atoms with Gasteiger partial charge in [-0.3, -0.25) is 14.8 Å². The fourth-order valence-corrected chi connectivity index (χ4v) is 4.09. The molecule has 0 amide bonds. The molecule has 5 nitrogen and oxygen atoms in total. The van der Waals surface area contributed by atoms with Gasteiger partial charge in [0.2, 0.25) is 0 Å². The standard InChI is InChI=1S/C21H19F4N3O2/c22-10-20(25)7-13-9-30-11-21(13,28-19(20)26)15-5-12(1-3-16(15)24)6-18(29)17-4-2-14(23)8-27-17/h1-5,8,13H,6-7,9-11H2,(H2,26,28)/t13-,20-,21+/m1/s1. The Balaban J connectivity index is 1.69. The Hall–Kier alpha value is -2.81. The van der Waals surface area contributed by atoms with Gasteiger partial charge >= 0.3 is 0 Å². The molecule has 2 aromatic rings. The fourth-order valence-electron chi connectivity index (χ4n) is 4.09. The molecular weight excluding hydrogens is 402 g/mol. The molecule has 0 radical (unpaired) electrons. The Labute approximate surface area is 170 Å². The number of Topliss-reactive ketones (excluding diaryl/α,β-unsaturated/α-hetero) is 1. The highest BCUT2D eigenvalue weighted by Gasteiger charge is 2.56. The number of amidine groups is 1. The van der Waals surface area contributed by atoms with Gasteiger partial charge in [0.05, 0.1) is 19.4 Å². The zero-order chi connectivity index (χ0) is 21.5.